The van der Waals surface area contributed by atoms with E-state index < -0.39 is 27.9 Å². The van der Waals surface area contributed by atoms with Crippen molar-refractivity contribution in [1.29, 1.82) is 0 Å². The molecule has 2 fully saturated rings. The fourth-order valence-corrected chi connectivity index (χ4v) is 8.19. The molecule has 290 valence electrons. The Balaban J connectivity index is 1.10. The predicted molar refractivity (Wildman–Crippen MR) is 213 cm³/mol. The summed E-state index contributed by atoms with van der Waals surface area (Å²) in [4.78, 5) is 59.8. The monoisotopic (exact) mass is 758 g/mol. The van der Waals surface area contributed by atoms with Gasteiger partial charge in [-0.2, -0.15) is 0 Å². The maximum absolute atomic E-state index is 14.3. The number of carbonyl (C=O) groups is 3. The first-order chi connectivity index (χ1) is 27.1. The van der Waals surface area contributed by atoms with Crippen LogP contribution in [0, 0.1) is 16.0 Å². The van der Waals surface area contributed by atoms with Crippen LogP contribution in [0.1, 0.15) is 42.9 Å². The molecule has 7 rings (SSSR count). The second kappa shape index (κ2) is 16.1. The lowest BCUT2D eigenvalue weighted by Crippen LogP contribution is -2.55. The molecule has 3 heterocycles. The lowest BCUT2D eigenvalue weighted by atomic mass is 9.82. The highest BCUT2D eigenvalue weighted by molar-refractivity contribution is 6.08. The van der Waals surface area contributed by atoms with Crippen molar-refractivity contribution in [2.45, 2.75) is 50.4 Å². The number of fused-ring (bicyclic) bond motifs is 1. The number of amides is 3. The third kappa shape index (κ3) is 7.16. The number of nitrogens with one attached hydrogen (secondary N) is 1. The zero-order valence-electron chi connectivity index (χ0n) is 31.3. The highest BCUT2D eigenvalue weighted by Crippen LogP contribution is 2.47. The van der Waals surface area contributed by atoms with Gasteiger partial charge in [-0.3, -0.25) is 29.4 Å². The van der Waals surface area contributed by atoms with Gasteiger partial charge >= 0.3 is 0 Å². The van der Waals surface area contributed by atoms with Gasteiger partial charge in [0.05, 0.1) is 30.4 Å². The largest absolute Gasteiger partial charge is 0.395 e. The molecule has 0 aromatic heterocycles. The lowest BCUT2D eigenvalue weighted by Gasteiger charge is -2.39. The maximum atomic E-state index is 14.3. The van der Waals surface area contributed by atoms with Gasteiger partial charge in [-0.25, -0.2) is 0 Å². The molecule has 2 atom stereocenters. The Hall–Kier alpha value is -5.89. The van der Waals surface area contributed by atoms with Crippen LogP contribution in [-0.2, 0) is 33.1 Å². The number of aliphatic hydroxyl groups is 2. The summed E-state index contributed by atoms with van der Waals surface area (Å²) in [5.41, 5.74) is 0.753. The van der Waals surface area contributed by atoms with E-state index in [-0.39, 0.29) is 49.2 Å². The smallest absolute Gasteiger partial charge is 0.269 e. The molecule has 0 aliphatic carbocycles. The van der Waals surface area contributed by atoms with E-state index in [0.29, 0.717) is 31.7 Å². The molecule has 4 aromatic carbocycles. The normalized spacial score (nSPS) is 19.5. The third-order valence-electron chi connectivity index (χ3n) is 11.3. The van der Waals surface area contributed by atoms with Crippen LogP contribution in [-0.4, -0.2) is 76.2 Å². The molecular weight excluding hydrogens is 713 g/mol. The minimum Gasteiger partial charge on any atom is -0.395 e. The number of nitrogens with zero attached hydrogens (tertiary/aromatic N) is 5. The van der Waals surface area contributed by atoms with Crippen molar-refractivity contribution >= 4 is 40.5 Å². The van der Waals surface area contributed by atoms with Crippen LogP contribution in [0.3, 0.4) is 0 Å². The van der Waals surface area contributed by atoms with E-state index in [9.17, 15) is 34.7 Å². The number of nitro benzene ring substituents is 1. The van der Waals surface area contributed by atoms with Crippen molar-refractivity contribution < 1.29 is 29.5 Å². The molecule has 4 aromatic rings. The summed E-state index contributed by atoms with van der Waals surface area (Å²) in [5.74, 6) is -1.71. The number of piperidine rings is 1. The van der Waals surface area contributed by atoms with E-state index in [4.69, 9.17) is 0 Å². The number of rotatable bonds is 13. The summed E-state index contributed by atoms with van der Waals surface area (Å²) in [6, 6.07) is 30.8. The van der Waals surface area contributed by atoms with Crippen LogP contribution in [0.2, 0.25) is 0 Å². The standard InChI is InChI=1S/C43H46N6O7/c1-31(9-8-14-39(51)45(25-26-50)28-32-10-4-2-5-11-32)43(54)37-27-36(49(55)56)19-20-38(37)46(41(43)53)29-33-15-17-34(18-16-33)47-30-48(35-12-6-3-7-13-35)42(40(47)52)21-23-44-24-22-42/h2-13,15-20,27,31,44,50,54H,14,21-26,28-30H2,1H3/b9-8+/t31-,43+/m0/s1. The number of hydrogen-bond acceptors (Lipinski definition) is 9. The quantitative estimate of drug-likeness (QED) is 0.0983. The van der Waals surface area contributed by atoms with Gasteiger partial charge in [0.25, 0.3) is 17.5 Å². The number of anilines is 3. The predicted octanol–water partition coefficient (Wildman–Crippen LogP) is 4.87. The summed E-state index contributed by atoms with van der Waals surface area (Å²) in [6.07, 6.45) is 4.50. The van der Waals surface area contributed by atoms with E-state index in [0.717, 1.165) is 35.6 Å². The molecule has 13 heteroatoms. The maximum Gasteiger partial charge on any atom is 0.269 e. The molecule has 3 N–H and O–H groups in total. The van der Waals surface area contributed by atoms with Crippen LogP contribution in [0.25, 0.3) is 0 Å². The number of hydrogen-bond donors (Lipinski definition) is 3. The summed E-state index contributed by atoms with van der Waals surface area (Å²) in [7, 11) is 0. The first kappa shape index (κ1) is 38.4. The van der Waals surface area contributed by atoms with E-state index in [1.54, 1.807) is 24.0 Å². The van der Waals surface area contributed by atoms with Crippen molar-refractivity contribution in [2.75, 3.05) is 47.6 Å². The van der Waals surface area contributed by atoms with E-state index in [1.165, 1.54) is 28.0 Å². The van der Waals surface area contributed by atoms with Crippen LogP contribution >= 0.6 is 0 Å². The van der Waals surface area contributed by atoms with Crippen molar-refractivity contribution in [2.24, 2.45) is 5.92 Å². The number of para-hydroxylation sites is 1. The summed E-state index contributed by atoms with van der Waals surface area (Å²) in [5, 5.41) is 37.0. The summed E-state index contributed by atoms with van der Waals surface area (Å²) < 4.78 is 0. The molecule has 1 spiro atoms. The Labute approximate surface area is 325 Å². The van der Waals surface area contributed by atoms with Crippen molar-refractivity contribution in [3.63, 3.8) is 0 Å². The van der Waals surface area contributed by atoms with Gasteiger partial charge in [0.15, 0.2) is 5.60 Å². The van der Waals surface area contributed by atoms with Crippen LogP contribution in [0.4, 0.5) is 22.7 Å². The Morgan fingerprint density at radius 3 is 2.27 bits per heavy atom. The summed E-state index contributed by atoms with van der Waals surface area (Å²) in [6.45, 7) is 3.84. The molecule has 0 radical (unpaired) electrons. The molecule has 2 saturated heterocycles. The second-order valence-corrected chi connectivity index (χ2v) is 14.6. The zero-order valence-corrected chi connectivity index (χ0v) is 31.3. The first-order valence-electron chi connectivity index (χ1n) is 18.9. The minimum atomic E-state index is -2.15. The van der Waals surface area contributed by atoms with Gasteiger partial charge in [-0.15, -0.1) is 0 Å². The number of carbonyl (C=O) groups excluding carboxylic acids is 3. The molecule has 56 heavy (non-hydrogen) atoms. The van der Waals surface area contributed by atoms with Crippen molar-refractivity contribution in [3.8, 4) is 0 Å². The summed E-state index contributed by atoms with van der Waals surface area (Å²) >= 11 is 0. The van der Waals surface area contributed by atoms with Gasteiger partial charge < -0.3 is 30.2 Å². The number of nitro groups is 1. The Morgan fingerprint density at radius 1 is 0.929 bits per heavy atom. The fourth-order valence-electron chi connectivity index (χ4n) is 8.19. The first-order valence-corrected chi connectivity index (χ1v) is 18.9. The van der Waals surface area contributed by atoms with Crippen LogP contribution in [0.5, 0.6) is 0 Å². The molecule has 3 amide bonds. The topological polar surface area (TPSA) is 160 Å². The molecular formula is C43H46N6O7. The highest BCUT2D eigenvalue weighted by Gasteiger charge is 2.54. The highest BCUT2D eigenvalue weighted by atomic mass is 16.6. The molecule has 0 unspecified atom stereocenters. The molecule has 3 aliphatic heterocycles. The second-order valence-electron chi connectivity index (χ2n) is 14.6. The Morgan fingerprint density at radius 2 is 1.61 bits per heavy atom. The molecule has 0 bridgehead atoms. The SMILES string of the molecule is C[C@@H](/C=C/CC(=O)N(CCO)Cc1ccccc1)[C@]1(O)C(=O)N(Cc2ccc(N3CN(c4ccccc4)C4(CCNCC4)C3=O)cc2)c2ccc([N+](=O)[O-])cc21. The Kier molecular flexibility index (Phi) is 11.0. The van der Waals surface area contributed by atoms with Crippen LogP contribution < -0.4 is 20.0 Å². The minimum absolute atomic E-state index is 0.0417. The molecule has 3 aliphatic rings. The molecule has 13 nitrogen and oxygen atoms in total. The zero-order chi connectivity index (χ0) is 39.5. The molecule has 0 saturated carbocycles. The van der Waals surface area contributed by atoms with E-state index in [1.807, 2.05) is 84.9 Å². The van der Waals surface area contributed by atoms with Gasteiger partial charge in [0.2, 0.25) is 5.91 Å². The van der Waals surface area contributed by atoms with Gasteiger partial charge in [-0.1, -0.05) is 79.7 Å². The van der Waals surface area contributed by atoms with Crippen molar-refractivity contribution in [3.05, 3.63) is 142 Å². The number of benzene rings is 4. The fraction of sp³-hybridized carbons (Fsp3) is 0.326. The Bertz CT molecular complexity index is 2110. The van der Waals surface area contributed by atoms with Gasteiger partial charge in [-0.05, 0) is 67.4 Å². The average molecular weight is 759 g/mol. The number of non-ortho nitro benzene ring substituents is 1. The van der Waals surface area contributed by atoms with Crippen molar-refractivity contribution in [1.82, 2.24) is 10.2 Å². The van der Waals surface area contributed by atoms with E-state index >= 15 is 0 Å². The average Bonchev–Trinajstić information content (AvgIpc) is 3.61. The van der Waals surface area contributed by atoms with Crippen LogP contribution in [0.15, 0.2) is 115 Å². The van der Waals surface area contributed by atoms with Gasteiger partial charge in [0.1, 0.15) is 5.54 Å². The number of aliphatic hydroxyl groups excluding tert-OH is 1. The lowest BCUT2D eigenvalue weighted by molar-refractivity contribution is -0.385. The third-order valence-corrected chi connectivity index (χ3v) is 11.3. The van der Waals surface area contributed by atoms with Gasteiger partial charge in [0, 0.05) is 54.5 Å². The van der Waals surface area contributed by atoms with E-state index in [2.05, 4.69) is 10.2 Å².